The van der Waals surface area contributed by atoms with Gasteiger partial charge in [-0.25, -0.2) is 17.9 Å². The van der Waals surface area contributed by atoms with E-state index in [1.807, 2.05) is 0 Å². The maximum absolute atomic E-state index is 12.0. The molecule has 0 aliphatic carbocycles. The van der Waals surface area contributed by atoms with Gasteiger partial charge in [0.25, 0.3) is 0 Å². The van der Waals surface area contributed by atoms with Crippen molar-refractivity contribution in [1.29, 1.82) is 0 Å². The number of carboxylic acid groups (broad SMARTS) is 1. The lowest BCUT2D eigenvalue weighted by Crippen LogP contribution is -2.34. The van der Waals surface area contributed by atoms with Gasteiger partial charge in [-0.05, 0) is 34.1 Å². The molecule has 0 aliphatic heterocycles. The van der Waals surface area contributed by atoms with E-state index in [0.717, 1.165) is 6.07 Å². The van der Waals surface area contributed by atoms with E-state index in [0.29, 0.717) is 4.47 Å². The maximum atomic E-state index is 12.0. The van der Waals surface area contributed by atoms with Crippen molar-refractivity contribution in [3.8, 4) is 0 Å². The number of hydrogen-bond acceptors (Lipinski definition) is 5. The van der Waals surface area contributed by atoms with Crippen LogP contribution in [-0.4, -0.2) is 46.5 Å². The van der Waals surface area contributed by atoms with Crippen LogP contribution in [0.25, 0.3) is 0 Å². The smallest absolute Gasteiger partial charge is 0.336 e. The number of hydrogen-bond donors (Lipinski definition) is 2. The first-order valence-electron chi connectivity index (χ1n) is 5.40. The molecule has 2 N–H and O–H groups in total. The molecule has 0 atom stereocenters. The van der Waals surface area contributed by atoms with Crippen molar-refractivity contribution in [2.75, 3.05) is 20.8 Å². The van der Waals surface area contributed by atoms with Crippen molar-refractivity contribution in [3.05, 3.63) is 28.2 Å². The van der Waals surface area contributed by atoms with E-state index < -0.39 is 22.3 Å². The Morgan fingerprint density at radius 3 is 2.50 bits per heavy atom. The van der Waals surface area contributed by atoms with E-state index in [2.05, 4.69) is 20.7 Å². The Balaban J connectivity index is 2.98. The second kappa shape index (κ2) is 7.14. The molecule has 0 saturated carbocycles. The average molecular weight is 368 g/mol. The zero-order valence-corrected chi connectivity index (χ0v) is 13.2. The summed E-state index contributed by atoms with van der Waals surface area (Å²) < 4.78 is 36.3. The number of carboxylic acids is 1. The molecule has 1 aromatic carbocycles. The first-order chi connectivity index (χ1) is 9.31. The van der Waals surface area contributed by atoms with Crippen LogP contribution >= 0.6 is 15.9 Å². The van der Waals surface area contributed by atoms with Gasteiger partial charge in [-0.2, -0.15) is 0 Å². The SMILES string of the molecule is COC(CNS(=O)(=O)c1ccc(Br)c(C(=O)O)c1)OC. The standard InChI is InChI=1S/C11H14BrNO6S/c1-18-10(19-2)6-13-20(16,17)7-3-4-9(12)8(5-7)11(14)15/h3-5,10,13H,6H2,1-2H3,(H,14,15). The van der Waals surface area contributed by atoms with Crippen LogP contribution in [0.1, 0.15) is 10.4 Å². The third-order valence-corrected chi connectivity index (χ3v) is 4.56. The number of ether oxygens (including phenoxy) is 2. The van der Waals surface area contributed by atoms with Crippen LogP contribution < -0.4 is 4.72 Å². The molecule has 7 nitrogen and oxygen atoms in total. The van der Waals surface area contributed by atoms with Crippen LogP contribution in [0.5, 0.6) is 0 Å². The summed E-state index contributed by atoms with van der Waals surface area (Å²) >= 11 is 3.05. The monoisotopic (exact) mass is 367 g/mol. The average Bonchev–Trinajstić information content (AvgIpc) is 2.39. The molecule has 0 fully saturated rings. The summed E-state index contributed by atoms with van der Waals surface area (Å²) in [7, 11) is -1.08. The first kappa shape index (κ1) is 17.1. The molecule has 0 saturated heterocycles. The van der Waals surface area contributed by atoms with Crippen molar-refractivity contribution >= 4 is 31.9 Å². The quantitative estimate of drug-likeness (QED) is 0.698. The zero-order chi connectivity index (χ0) is 15.3. The number of sulfonamides is 1. The van der Waals surface area contributed by atoms with E-state index in [1.165, 1.54) is 26.4 Å². The number of halogens is 1. The van der Waals surface area contributed by atoms with Crippen molar-refractivity contribution in [1.82, 2.24) is 4.72 Å². The number of methoxy groups -OCH3 is 2. The highest BCUT2D eigenvalue weighted by Gasteiger charge is 2.19. The first-order valence-corrected chi connectivity index (χ1v) is 7.67. The van der Waals surface area contributed by atoms with Crippen molar-refractivity contribution in [2.45, 2.75) is 11.2 Å². The minimum atomic E-state index is -3.84. The zero-order valence-electron chi connectivity index (χ0n) is 10.8. The van der Waals surface area contributed by atoms with Crippen LogP contribution in [0.15, 0.2) is 27.6 Å². The van der Waals surface area contributed by atoms with Gasteiger partial charge in [-0.3, -0.25) is 0 Å². The highest BCUT2D eigenvalue weighted by molar-refractivity contribution is 9.10. The molecular weight excluding hydrogens is 354 g/mol. The Labute approximate surface area is 125 Å². The van der Waals surface area contributed by atoms with Gasteiger partial charge in [-0.1, -0.05) is 0 Å². The van der Waals surface area contributed by atoms with Crippen LogP contribution in [-0.2, 0) is 19.5 Å². The van der Waals surface area contributed by atoms with Crippen LogP contribution in [0, 0.1) is 0 Å². The molecular formula is C11H14BrNO6S. The van der Waals surface area contributed by atoms with Crippen molar-refractivity contribution < 1.29 is 27.8 Å². The molecule has 0 unspecified atom stereocenters. The van der Waals surface area contributed by atoms with Gasteiger partial charge in [0.2, 0.25) is 10.0 Å². The molecule has 0 spiro atoms. The Morgan fingerprint density at radius 2 is 2.00 bits per heavy atom. The number of aromatic carboxylic acids is 1. The number of rotatable bonds is 7. The Kier molecular flexibility index (Phi) is 6.08. The lowest BCUT2D eigenvalue weighted by molar-refractivity contribution is -0.0960. The molecule has 0 heterocycles. The van der Waals surface area contributed by atoms with Crippen molar-refractivity contribution in [2.24, 2.45) is 0 Å². The second-order valence-corrected chi connectivity index (χ2v) is 6.32. The van der Waals surface area contributed by atoms with Gasteiger partial charge in [0.05, 0.1) is 17.0 Å². The third kappa shape index (κ3) is 4.25. The predicted molar refractivity (Wildman–Crippen MR) is 74.1 cm³/mol. The second-order valence-electron chi connectivity index (χ2n) is 3.70. The van der Waals surface area contributed by atoms with E-state index >= 15 is 0 Å². The molecule has 0 amide bonds. The summed E-state index contributed by atoms with van der Waals surface area (Å²) in [6.07, 6.45) is -0.723. The summed E-state index contributed by atoms with van der Waals surface area (Å²) in [5, 5.41) is 8.96. The fourth-order valence-electron chi connectivity index (χ4n) is 1.36. The summed E-state index contributed by atoms with van der Waals surface area (Å²) in [6.45, 7) is -0.0895. The largest absolute Gasteiger partial charge is 0.478 e. The highest BCUT2D eigenvalue weighted by atomic mass is 79.9. The van der Waals surface area contributed by atoms with Gasteiger partial charge in [-0.15, -0.1) is 0 Å². The van der Waals surface area contributed by atoms with Crippen LogP contribution in [0.4, 0.5) is 0 Å². The van der Waals surface area contributed by atoms with Gasteiger partial charge < -0.3 is 14.6 Å². The fourth-order valence-corrected chi connectivity index (χ4v) is 2.82. The van der Waals surface area contributed by atoms with E-state index in [1.54, 1.807) is 0 Å². The summed E-state index contributed by atoms with van der Waals surface area (Å²) in [5.41, 5.74) is -0.136. The van der Waals surface area contributed by atoms with E-state index in [4.69, 9.17) is 14.6 Å². The summed E-state index contributed by atoms with van der Waals surface area (Å²) in [5.74, 6) is -1.22. The number of carbonyl (C=O) groups is 1. The van der Waals surface area contributed by atoms with E-state index in [9.17, 15) is 13.2 Å². The van der Waals surface area contributed by atoms with E-state index in [-0.39, 0.29) is 17.0 Å². The van der Waals surface area contributed by atoms with Gasteiger partial charge >= 0.3 is 5.97 Å². The topological polar surface area (TPSA) is 102 Å². The van der Waals surface area contributed by atoms with Crippen molar-refractivity contribution in [3.63, 3.8) is 0 Å². The number of nitrogens with one attached hydrogen (secondary N) is 1. The Bertz CT molecular complexity index is 585. The molecule has 1 aromatic rings. The highest BCUT2D eigenvalue weighted by Crippen LogP contribution is 2.21. The van der Waals surface area contributed by atoms with Gasteiger partial charge in [0.15, 0.2) is 6.29 Å². The molecule has 0 radical (unpaired) electrons. The van der Waals surface area contributed by atoms with Crippen LogP contribution in [0.3, 0.4) is 0 Å². The molecule has 0 bridgehead atoms. The molecule has 1 rings (SSSR count). The normalized spacial score (nSPS) is 11.8. The fraction of sp³-hybridized carbons (Fsp3) is 0.364. The minimum Gasteiger partial charge on any atom is -0.478 e. The third-order valence-electron chi connectivity index (χ3n) is 2.44. The Hall–Kier alpha value is -1.00. The van der Waals surface area contributed by atoms with Crippen LogP contribution in [0.2, 0.25) is 0 Å². The van der Waals surface area contributed by atoms with Gasteiger partial charge in [0, 0.05) is 18.7 Å². The lowest BCUT2D eigenvalue weighted by Gasteiger charge is -2.14. The molecule has 0 aromatic heterocycles. The minimum absolute atomic E-state index is 0.0895. The molecule has 9 heteroatoms. The Morgan fingerprint density at radius 1 is 1.40 bits per heavy atom. The predicted octanol–water partition coefficient (Wildman–Crippen LogP) is 1.04. The van der Waals surface area contributed by atoms with Gasteiger partial charge in [0.1, 0.15) is 0 Å². The number of benzene rings is 1. The maximum Gasteiger partial charge on any atom is 0.336 e. The molecule has 0 aliphatic rings. The summed E-state index contributed by atoms with van der Waals surface area (Å²) in [6, 6.07) is 3.74. The molecule has 20 heavy (non-hydrogen) atoms. The lowest BCUT2D eigenvalue weighted by atomic mass is 10.2. The summed E-state index contributed by atoms with van der Waals surface area (Å²) in [4.78, 5) is 10.8. The molecule has 112 valence electrons.